The Hall–Kier alpha value is -4.38. The number of amides is 2. The second kappa shape index (κ2) is 11.1. The van der Waals surface area contributed by atoms with Crippen molar-refractivity contribution in [3.05, 3.63) is 76.7 Å². The lowest BCUT2D eigenvalue weighted by Gasteiger charge is -2.31. The molecular formula is C29H31N5O3. The zero-order chi connectivity index (χ0) is 26.5. The monoisotopic (exact) mass is 497 g/mol. The maximum Gasteiger partial charge on any atom is 0.264 e. The van der Waals surface area contributed by atoms with E-state index in [-0.39, 0.29) is 23.3 Å². The van der Waals surface area contributed by atoms with Gasteiger partial charge >= 0.3 is 0 Å². The lowest BCUT2D eigenvalue weighted by molar-refractivity contribution is -0.130. The molecule has 0 unspecified atom stereocenters. The molecule has 1 N–H and O–H groups in total. The molecule has 0 radical (unpaired) electrons. The largest absolute Gasteiger partial charge is 0.497 e. The zero-order valence-corrected chi connectivity index (χ0v) is 21.6. The summed E-state index contributed by atoms with van der Waals surface area (Å²) < 4.78 is 7.33. The van der Waals surface area contributed by atoms with E-state index in [4.69, 9.17) is 4.74 Å². The predicted octanol–water partition coefficient (Wildman–Crippen LogP) is 4.59. The lowest BCUT2D eigenvalue weighted by atomic mass is 9.95. The summed E-state index contributed by atoms with van der Waals surface area (Å²) in [5, 5.41) is 12.7. The molecule has 1 aliphatic rings. The van der Waals surface area contributed by atoms with Gasteiger partial charge in [-0.15, -0.1) is 0 Å². The van der Waals surface area contributed by atoms with Crippen LogP contribution in [-0.2, 0) is 9.59 Å². The number of carbonyl (C=O) groups excluding carboxylic acids is 2. The topological polar surface area (TPSA) is 100 Å². The number of likely N-dealkylation sites (tertiary alicyclic amines) is 1. The average molecular weight is 498 g/mol. The van der Waals surface area contributed by atoms with Gasteiger partial charge in [-0.05, 0) is 87.2 Å². The van der Waals surface area contributed by atoms with Gasteiger partial charge in [0.25, 0.3) is 5.91 Å². The summed E-state index contributed by atoms with van der Waals surface area (Å²) in [5.74, 6) is 0.694. The molecule has 2 aromatic heterocycles. The summed E-state index contributed by atoms with van der Waals surface area (Å²) in [4.78, 5) is 31.7. The number of hydrogen-bond acceptors (Lipinski definition) is 5. The molecule has 0 saturated carbocycles. The van der Waals surface area contributed by atoms with Crippen molar-refractivity contribution in [3.8, 4) is 17.5 Å². The van der Waals surface area contributed by atoms with Gasteiger partial charge in [-0.2, -0.15) is 5.26 Å². The van der Waals surface area contributed by atoms with Crippen LogP contribution in [0.1, 0.15) is 35.4 Å². The highest BCUT2D eigenvalue weighted by Gasteiger charge is 2.29. The number of benzene rings is 1. The van der Waals surface area contributed by atoms with Gasteiger partial charge < -0.3 is 19.5 Å². The summed E-state index contributed by atoms with van der Waals surface area (Å²) in [6.45, 7) is 6.73. The van der Waals surface area contributed by atoms with Gasteiger partial charge in [0.1, 0.15) is 23.2 Å². The second-order valence-electron chi connectivity index (χ2n) is 9.31. The van der Waals surface area contributed by atoms with Crippen LogP contribution in [0.3, 0.4) is 0 Å². The van der Waals surface area contributed by atoms with Gasteiger partial charge in [-0.3, -0.25) is 9.59 Å². The molecule has 1 aromatic carbocycles. The molecule has 3 heterocycles. The molecule has 1 aliphatic heterocycles. The molecule has 0 bridgehead atoms. The summed E-state index contributed by atoms with van der Waals surface area (Å²) in [6.07, 6.45) is 4.44. The molecule has 0 atom stereocenters. The van der Waals surface area contributed by atoms with Crippen molar-refractivity contribution in [2.45, 2.75) is 33.6 Å². The number of rotatable bonds is 6. The highest BCUT2D eigenvalue weighted by Crippen LogP contribution is 2.26. The van der Waals surface area contributed by atoms with Crippen LogP contribution in [0.5, 0.6) is 5.75 Å². The number of nitrogens with one attached hydrogen (secondary N) is 1. The first kappa shape index (κ1) is 25.7. The molecule has 37 heavy (non-hydrogen) atoms. The Morgan fingerprint density at radius 2 is 1.81 bits per heavy atom. The first-order chi connectivity index (χ1) is 17.8. The molecule has 0 spiro atoms. The smallest absolute Gasteiger partial charge is 0.264 e. The summed E-state index contributed by atoms with van der Waals surface area (Å²) in [7, 11) is 1.63. The third-order valence-corrected chi connectivity index (χ3v) is 6.77. The van der Waals surface area contributed by atoms with Crippen molar-refractivity contribution >= 4 is 23.7 Å². The third-order valence-electron chi connectivity index (χ3n) is 6.77. The van der Waals surface area contributed by atoms with Gasteiger partial charge in [0, 0.05) is 42.3 Å². The number of carbonyl (C=O) groups is 2. The maximum atomic E-state index is 13.2. The van der Waals surface area contributed by atoms with Crippen LogP contribution in [0.4, 0.5) is 5.82 Å². The number of aromatic nitrogens is 2. The summed E-state index contributed by atoms with van der Waals surface area (Å²) in [5.41, 5.74) is 4.83. The van der Waals surface area contributed by atoms with Crippen LogP contribution in [0.25, 0.3) is 11.8 Å². The van der Waals surface area contributed by atoms with E-state index < -0.39 is 0 Å². The van der Waals surface area contributed by atoms with Crippen molar-refractivity contribution in [2.75, 3.05) is 25.5 Å². The number of piperidine rings is 1. The molecule has 2 amide bonds. The van der Waals surface area contributed by atoms with Crippen LogP contribution >= 0.6 is 0 Å². The average Bonchev–Trinajstić information content (AvgIpc) is 3.20. The van der Waals surface area contributed by atoms with Crippen LogP contribution in [0.2, 0.25) is 0 Å². The van der Waals surface area contributed by atoms with Gasteiger partial charge in [0.05, 0.1) is 7.11 Å². The fourth-order valence-electron chi connectivity index (χ4n) is 4.64. The maximum absolute atomic E-state index is 13.2. The lowest BCUT2D eigenvalue weighted by Crippen LogP contribution is -2.42. The Kier molecular flexibility index (Phi) is 7.73. The molecule has 8 heteroatoms. The normalized spacial score (nSPS) is 14.2. The summed E-state index contributed by atoms with van der Waals surface area (Å²) >= 11 is 0. The van der Waals surface area contributed by atoms with Gasteiger partial charge in [-0.25, -0.2) is 4.98 Å². The van der Waals surface area contributed by atoms with E-state index in [0.29, 0.717) is 31.7 Å². The fourth-order valence-corrected chi connectivity index (χ4v) is 4.64. The minimum Gasteiger partial charge on any atom is -0.497 e. The van der Waals surface area contributed by atoms with E-state index in [1.165, 1.54) is 0 Å². The van der Waals surface area contributed by atoms with Crippen molar-refractivity contribution in [1.82, 2.24) is 14.5 Å². The second-order valence-corrected chi connectivity index (χ2v) is 9.31. The van der Waals surface area contributed by atoms with E-state index >= 15 is 0 Å². The van der Waals surface area contributed by atoms with Gasteiger partial charge in [0.2, 0.25) is 5.91 Å². The van der Waals surface area contributed by atoms with Crippen molar-refractivity contribution < 1.29 is 14.3 Å². The Morgan fingerprint density at radius 3 is 2.41 bits per heavy atom. The van der Waals surface area contributed by atoms with E-state index in [9.17, 15) is 14.9 Å². The van der Waals surface area contributed by atoms with Crippen molar-refractivity contribution in [3.63, 3.8) is 0 Å². The minimum atomic E-state index is -0.309. The Balaban J connectivity index is 1.43. The first-order valence-electron chi connectivity index (χ1n) is 12.3. The first-order valence-corrected chi connectivity index (χ1v) is 12.3. The quantitative estimate of drug-likeness (QED) is 0.397. The molecule has 3 aromatic rings. The van der Waals surface area contributed by atoms with Crippen LogP contribution in [0, 0.1) is 38.0 Å². The number of ether oxygens (including phenoxy) is 1. The number of pyridine rings is 1. The highest BCUT2D eigenvalue weighted by molar-refractivity contribution is 6.02. The van der Waals surface area contributed by atoms with Crippen molar-refractivity contribution in [2.24, 2.45) is 5.92 Å². The Labute approximate surface area is 217 Å². The molecule has 1 fully saturated rings. The standard InChI is InChI=1S/C29H31N5O3/c1-19-5-10-27(31-18-19)32-28(35)22-11-13-33(14-12-22)29(36)24(17-30)16-23-15-20(2)34(21(23)3)25-6-8-26(37-4)9-7-25/h5-10,15-16,18,22H,11-14H2,1-4H3,(H,31,32,35)/b24-16-. The molecule has 8 nitrogen and oxygen atoms in total. The van der Waals surface area contributed by atoms with E-state index in [1.807, 2.05) is 57.2 Å². The van der Waals surface area contributed by atoms with Crippen molar-refractivity contribution in [1.29, 1.82) is 5.26 Å². The number of hydrogen-bond donors (Lipinski definition) is 1. The van der Waals surface area contributed by atoms with E-state index in [0.717, 1.165) is 34.0 Å². The van der Waals surface area contributed by atoms with E-state index in [2.05, 4.69) is 20.9 Å². The van der Waals surface area contributed by atoms with Crippen LogP contribution in [0.15, 0.2) is 54.2 Å². The number of nitriles is 1. The molecule has 1 saturated heterocycles. The van der Waals surface area contributed by atoms with Gasteiger partial charge in [-0.1, -0.05) is 6.07 Å². The Bertz CT molecular complexity index is 1360. The number of nitrogens with zero attached hydrogens (tertiary/aromatic N) is 4. The Morgan fingerprint density at radius 1 is 1.11 bits per heavy atom. The van der Waals surface area contributed by atoms with Crippen LogP contribution < -0.4 is 10.1 Å². The third kappa shape index (κ3) is 5.72. The predicted molar refractivity (Wildman–Crippen MR) is 142 cm³/mol. The zero-order valence-electron chi connectivity index (χ0n) is 21.6. The SMILES string of the molecule is COc1ccc(-n2c(C)cc(/C=C(/C#N)C(=O)N3CCC(C(=O)Nc4ccc(C)cn4)CC3)c2C)cc1. The number of anilines is 1. The minimum absolute atomic E-state index is 0.0849. The molecular weight excluding hydrogens is 466 g/mol. The molecule has 4 rings (SSSR count). The molecule has 190 valence electrons. The van der Waals surface area contributed by atoms with E-state index in [1.54, 1.807) is 30.3 Å². The van der Waals surface area contributed by atoms with Crippen LogP contribution in [-0.4, -0.2) is 46.5 Å². The fraction of sp³-hybridized carbons (Fsp3) is 0.310. The number of methoxy groups -OCH3 is 1. The molecule has 0 aliphatic carbocycles. The highest BCUT2D eigenvalue weighted by atomic mass is 16.5. The number of aryl methyl sites for hydroxylation is 2. The van der Waals surface area contributed by atoms with Gasteiger partial charge in [0.15, 0.2) is 0 Å². The summed E-state index contributed by atoms with van der Waals surface area (Å²) in [6, 6.07) is 15.5.